The van der Waals surface area contributed by atoms with Gasteiger partial charge in [-0.1, -0.05) is 6.07 Å². The second kappa shape index (κ2) is 7.99. The van der Waals surface area contributed by atoms with Crippen molar-refractivity contribution in [3.63, 3.8) is 0 Å². The van der Waals surface area contributed by atoms with Crippen molar-refractivity contribution in [1.82, 2.24) is 5.32 Å². The molecule has 0 aliphatic rings. The lowest BCUT2D eigenvalue weighted by atomic mass is 10.1. The zero-order valence-electron chi connectivity index (χ0n) is 11.0. The highest BCUT2D eigenvalue weighted by molar-refractivity contribution is 9.10. The van der Waals surface area contributed by atoms with Crippen LogP contribution in [0.25, 0.3) is 0 Å². The van der Waals surface area contributed by atoms with E-state index >= 15 is 0 Å². The van der Waals surface area contributed by atoms with E-state index in [1.807, 2.05) is 6.26 Å². The van der Waals surface area contributed by atoms with Crippen LogP contribution in [0.3, 0.4) is 0 Å². The summed E-state index contributed by atoms with van der Waals surface area (Å²) in [6.45, 7) is 0. The molecule has 1 aromatic rings. The Morgan fingerprint density at radius 2 is 2.19 bits per heavy atom. The molecule has 1 amide bonds. The highest BCUT2D eigenvalue weighted by Gasteiger charge is 2.24. The number of nitro benzene ring substituents is 1. The van der Waals surface area contributed by atoms with Gasteiger partial charge in [0, 0.05) is 6.07 Å². The minimum Gasteiger partial charge on any atom is -0.480 e. The van der Waals surface area contributed by atoms with Gasteiger partial charge < -0.3 is 10.4 Å². The Morgan fingerprint density at radius 1 is 1.52 bits per heavy atom. The van der Waals surface area contributed by atoms with Crippen LogP contribution in [0.4, 0.5) is 5.69 Å². The van der Waals surface area contributed by atoms with Gasteiger partial charge in [0.1, 0.15) is 10.5 Å². The van der Waals surface area contributed by atoms with Gasteiger partial charge in [0.05, 0.1) is 10.5 Å². The molecule has 1 atom stereocenters. The standard InChI is InChI=1S/C12H13BrN2O5S/c1-21-6-5-8(12(17)18)14-11(16)7-3-2-4-9(10(7)13)15(19)20/h2-4,8H,5-6H2,1H3,(H,14,16)(H,17,18). The molecule has 21 heavy (non-hydrogen) atoms. The fraction of sp³-hybridized carbons (Fsp3) is 0.333. The summed E-state index contributed by atoms with van der Waals surface area (Å²) in [7, 11) is 0. The lowest BCUT2D eigenvalue weighted by molar-refractivity contribution is -0.385. The summed E-state index contributed by atoms with van der Waals surface area (Å²) in [5.74, 6) is -1.23. The molecule has 0 radical (unpaired) electrons. The number of hydrogen-bond donors (Lipinski definition) is 2. The van der Waals surface area contributed by atoms with Gasteiger partial charge in [-0.25, -0.2) is 4.79 Å². The van der Waals surface area contributed by atoms with Gasteiger partial charge in [-0.15, -0.1) is 0 Å². The van der Waals surface area contributed by atoms with Crippen molar-refractivity contribution in [3.8, 4) is 0 Å². The van der Waals surface area contributed by atoms with Crippen molar-refractivity contribution in [2.75, 3.05) is 12.0 Å². The monoisotopic (exact) mass is 376 g/mol. The molecule has 0 aromatic heterocycles. The lowest BCUT2D eigenvalue weighted by Crippen LogP contribution is -2.41. The van der Waals surface area contributed by atoms with Crippen LogP contribution in [-0.4, -0.2) is 40.0 Å². The summed E-state index contributed by atoms with van der Waals surface area (Å²) in [6, 6.07) is 2.98. The molecule has 0 fully saturated rings. The predicted octanol–water partition coefficient (Wildman–Crippen LogP) is 2.29. The van der Waals surface area contributed by atoms with Crippen LogP contribution < -0.4 is 5.32 Å². The van der Waals surface area contributed by atoms with Crippen molar-refractivity contribution in [2.45, 2.75) is 12.5 Å². The number of aliphatic carboxylic acids is 1. The Bertz CT molecular complexity index is 567. The molecule has 0 saturated heterocycles. The van der Waals surface area contributed by atoms with Gasteiger partial charge in [0.2, 0.25) is 0 Å². The molecular weight excluding hydrogens is 364 g/mol. The van der Waals surface area contributed by atoms with Gasteiger partial charge >= 0.3 is 5.97 Å². The Hall–Kier alpha value is -1.61. The molecule has 2 N–H and O–H groups in total. The summed E-state index contributed by atoms with van der Waals surface area (Å²) < 4.78 is 0.0292. The highest BCUT2D eigenvalue weighted by Crippen LogP contribution is 2.28. The number of hydrogen-bond acceptors (Lipinski definition) is 5. The third kappa shape index (κ3) is 4.71. The number of carbonyl (C=O) groups is 2. The van der Waals surface area contributed by atoms with Crippen LogP contribution in [0.15, 0.2) is 22.7 Å². The van der Waals surface area contributed by atoms with Crippen LogP contribution in [0, 0.1) is 10.1 Å². The number of rotatable bonds is 7. The first-order valence-corrected chi connectivity index (χ1v) is 8.02. The third-order valence-electron chi connectivity index (χ3n) is 2.63. The fourth-order valence-corrected chi connectivity index (χ4v) is 2.63. The summed E-state index contributed by atoms with van der Waals surface area (Å²) in [6.07, 6.45) is 2.10. The quantitative estimate of drug-likeness (QED) is 0.557. The number of nitrogens with one attached hydrogen (secondary N) is 1. The van der Waals surface area contributed by atoms with Crippen molar-refractivity contribution >= 4 is 45.3 Å². The minimum atomic E-state index is -1.14. The zero-order chi connectivity index (χ0) is 16.0. The number of nitro groups is 1. The maximum absolute atomic E-state index is 12.1. The average Bonchev–Trinajstić information content (AvgIpc) is 2.42. The number of halogens is 1. The van der Waals surface area contributed by atoms with Gasteiger partial charge in [-0.05, 0) is 40.4 Å². The van der Waals surface area contributed by atoms with Crippen LogP contribution in [0.1, 0.15) is 16.8 Å². The second-order valence-corrected chi connectivity index (χ2v) is 5.82. The van der Waals surface area contributed by atoms with Crippen molar-refractivity contribution in [1.29, 1.82) is 0 Å². The molecule has 0 bridgehead atoms. The van der Waals surface area contributed by atoms with E-state index in [0.717, 1.165) is 0 Å². The molecule has 0 heterocycles. The summed E-state index contributed by atoms with van der Waals surface area (Å²) in [5.41, 5.74) is -0.224. The zero-order valence-corrected chi connectivity index (χ0v) is 13.4. The molecular formula is C12H13BrN2O5S. The van der Waals surface area contributed by atoms with E-state index in [4.69, 9.17) is 5.11 Å². The fourth-order valence-electron chi connectivity index (χ4n) is 1.57. The number of benzene rings is 1. The topological polar surface area (TPSA) is 110 Å². The normalized spacial score (nSPS) is 11.7. The highest BCUT2D eigenvalue weighted by atomic mass is 79.9. The maximum Gasteiger partial charge on any atom is 0.326 e. The molecule has 7 nitrogen and oxygen atoms in total. The molecule has 1 aromatic carbocycles. The van der Waals surface area contributed by atoms with Crippen LogP contribution in [0.2, 0.25) is 0 Å². The van der Waals surface area contributed by atoms with E-state index in [0.29, 0.717) is 5.75 Å². The van der Waals surface area contributed by atoms with Gasteiger partial charge in [0.25, 0.3) is 11.6 Å². The van der Waals surface area contributed by atoms with Gasteiger partial charge in [0.15, 0.2) is 0 Å². The van der Waals surface area contributed by atoms with E-state index in [9.17, 15) is 19.7 Å². The molecule has 0 aliphatic heterocycles. The molecule has 114 valence electrons. The third-order valence-corrected chi connectivity index (χ3v) is 4.11. The predicted molar refractivity (Wildman–Crippen MR) is 82.7 cm³/mol. The van der Waals surface area contributed by atoms with Crippen molar-refractivity contribution in [3.05, 3.63) is 38.3 Å². The number of carboxylic acid groups (broad SMARTS) is 1. The first-order valence-electron chi connectivity index (χ1n) is 5.84. The number of nitrogens with zero attached hydrogens (tertiary/aromatic N) is 1. The minimum absolute atomic E-state index is 0.0274. The number of carboxylic acids is 1. The molecule has 1 rings (SSSR count). The van der Waals surface area contributed by atoms with Gasteiger partial charge in [-0.2, -0.15) is 11.8 Å². The van der Waals surface area contributed by atoms with Crippen molar-refractivity contribution in [2.24, 2.45) is 0 Å². The van der Waals surface area contributed by atoms with E-state index in [1.54, 1.807) is 0 Å². The number of amides is 1. The summed E-state index contributed by atoms with van der Waals surface area (Å²) >= 11 is 4.47. The van der Waals surface area contributed by atoms with Crippen LogP contribution >= 0.6 is 27.7 Å². The number of carbonyl (C=O) groups excluding carboxylic acids is 1. The van der Waals surface area contributed by atoms with E-state index in [2.05, 4.69) is 21.2 Å². The van der Waals surface area contributed by atoms with E-state index in [1.165, 1.54) is 30.0 Å². The largest absolute Gasteiger partial charge is 0.480 e. The lowest BCUT2D eigenvalue weighted by Gasteiger charge is -2.14. The number of thioether (sulfide) groups is 1. The molecule has 0 aliphatic carbocycles. The van der Waals surface area contributed by atoms with Crippen molar-refractivity contribution < 1.29 is 19.6 Å². The van der Waals surface area contributed by atoms with Crippen LogP contribution in [0.5, 0.6) is 0 Å². The molecule has 0 spiro atoms. The second-order valence-electron chi connectivity index (χ2n) is 4.04. The molecule has 0 saturated carbocycles. The van der Waals surface area contributed by atoms with E-state index in [-0.39, 0.29) is 22.1 Å². The van der Waals surface area contributed by atoms with E-state index < -0.39 is 22.8 Å². The molecule has 1 unspecified atom stereocenters. The summed E-state index contributed by atoms with van der Waals surface area (Å²) in [5, 5.41) is 22.2. The Morgan fingerprint density at radius 3 is 2.71 bits per heavy atom. The first-order chi connectivity index (χ1) is 9.88. The Kier molecular flexibility index (Phi) is 6.63. The Labute approximate surface area is 133 Å². The SMILES string of the molecule is CSCCC(NC(=O)c1cccc([N+](=O)[O-])c1Br)C(=O)O. The maximum atomic E-state index is 12.1. The van der Waals surface area contributed by atoms with Gasteiger partial charge in [-0.3, -0.25) is 14.9 Å². The summed E-state index contributed by atoms with van der Waals surface area (Å²) in [4.78, 5) is 33.4. The Balaban J connectivity index is 2.95. The smallest absolute Gasteiger partial charge is 0.326 e. The first kappa shape index (κ1) is 17.4. The average molecular weight is 377 g/mol. The molecule has 9 heteroatoms. The van der Waals surface area contributed by atoms with Crippen LogP contribution in [-0.2, 0) is 4.79 Å².